The number of methoxy groups -OCH3 is 1. The molecule has 0 aliphatic carbocycles. The van der Waals surface area contributed by atoms with Crippen LogP contribution in [0.15, 0.2) is 0 Å². The fourth-order valence-corrected chi connectivity index (χ4v) is 2.15. The smallest absolute Gasteiger partial charge is 0.247 e. The average molecular weight is 256 g/mol. The predicted octanol–water partition coefficient (Wildman–Crippen LogP) is 0.927. The standard InChI is InChI=1S/C13H24N2O3/c1-5-10(3)15-12(16)8-11(13(15)17)14-9(2)6-7-18-4/h9-11,14H,5-8H2,1-4H3. The summed E-state index contributed by atoms with van der Waals surface area (Å²) in [7, 11) is 1.65. The van der Waals surface area contributed by atoms with Crippen LogP contribution in [0.25, 0.3) is 0 Å². The van der Waals surface area contributed by atoms with Gasteiger partial charge in [0.1, 0.15) is 0 Å². The van der Waals surface area contributed by atoms with Crippen LogP contribution in [0.4, 0.5) is 0 Å². The highest BCUT2D eigenvalue weighted by molar-refractivity contribution is 6.05. The number of rotatable bonds is 7. The SMILES string of the molecule is CCC(C)N1C(=O)CC(NC(C)CCOC)C1=O. The molecule has 1 saturated heterocycles. The number of hydrogen-bond donors (Lipinski definition) is 1. The van der Waals surface area contributed by atoms with Gasteiger partial charge in [-0.3, -0.25) is 14.5 Å². The summed E-state index contributed by atoms with van der Waals surface area (Å²) in [5.74, 6) is -0.149. The van der Waals surface area contributed by atoms with Crippen molar-refractivity contribution < 1.29 is 14.3 Å². The van der Waals surface area contributed by atoms with Crippen molar-refractivity contribution in [2.45, 2.75) is 58.2 Å². The molecule has 1 fully saturated rings. The Morgan fingerprint density at radius 2 is 2.11 bits per heavy atom. The molecule has 1 aliphatic rings. The molecule has 0 aromatic carbocycles. The van der Waals surface area contributed by atoms with Gasteiger partial charge in [-0.05, 0) is 26.7 Å². The van der Waals surface area contributed by atoms with Crippen LogP contribution in [0.2, 0.25) is 0 Å². The highest BCUT2D eigenvalue weighted by Crippen LogP contribution is 2.18. The van der Waals surface area contributed by atoms with Gasteiger partial charge in [0, 0.05) is 25.8 Å². The van der Waals surface area contributed by atoms with Gasteiger partial charge in [-0.25, -0.2) is 0 Å². The number of carbonyl (C=O) groups excluding carboxylic acids is 2. The van der Waals surface area contributed by atoms with E-state index in [-0.39, 0.29) is 36.4 Å². The second-order valence-electron chi connectivity index (χ2n) is 4.97. The first kappa shape index (κ1) is 15.1. The molecule has 0 radical (unpaired) electrons. The van der Waals surface area contributed by atoms with Crippen LogP contribution in [0.5, 0.6) is 0 Å². The third-order valence-electron chi connectivity index (χ3n) is 3.46. The molecule has 1 rings (SSSR count). The fourth-order valence-electron chi connectivity index (χ4n) is 2.15. The van der Waals surface area contributed by atoms with E-state index < -0.39 is 0 Å². The van der Waals surface area contributed by atoms with E-state index in [1.807, 2.05) is 20.8 Å². The van der Waals surface area contributed by atoms with E-state index >= 15 is 0 Å². The van der Waals surface area contributed by atoms with Crippen LogP contribution in [-0.4, -0.2) is 48.6 Å². The van der Waals surface area contributed by atoms with Gasteiger partial charge in [-0.2, -0.15) is 0 Å². The van der Waals surface area contributed by atoms with E-state index in [1.54, 1.807) is 7.11 Å². The number of hydrogen-bond acceptors (Lipinski definition) is 4. The minimum absolute atomic E-state index is 0.00826. The van der Waals surface area contributed by atoms with Crippen LogP contribution in [0.3, 0.4) is 0 Å². The molecular weight excluding hydrogens is 232 g/mol. The van der Waals surface area contributed by atoms with Crippen molar-refractivity contribution in [1.82, 2.24) is 10.2 Å². The lowest BCUT2D eigenvalue weighted by Gasteiger charge is -2.22. The van der Waals surface area contributed by atoms with Crippen LogP contribution in [0.1, 0.15) is 40.0 Å². The third-order valence-corrected chi connectivity index (χ3v) is 3.46. The van der Waals surface area contributed by atoms with Crippen molar-refractivity contribution in [1.29, 1.82) is 0 Å². The Bertz CT molecular complexity index is 307. The number of amides is 2. The first-order valence-electron chi connectivity index (χ1n) is 6.62. The van der Waals surface area contributed by atoms with E-state index in [2.05, 4.69) is 5.32 Å². The zero-order chi connectivity index (χ0) is 13.7. The number of imide groups is 1. The van der Waals surface area contributed by atoms with Gasteiger partial charge < -0.3 is 10.1 Å². The molecule has 2 amide bonds. The summed E-state index contributed by atoms with van der Waals surface area (Å²) in [6, 6.07) is -0.201. The molecule has 18 heavy (non-hydrogen) atoms. The van der Waals surface area contributed by atoms with Crippen molar-refractivity contribution in [3.05, 3.63) is 0 Å². The summed E-state index contributed by atoms with van der Waals surface area (Å²) in [5.41, 5.74) is 0. The monoisotopic (exact) mass is 256 g/mol. The Morgan fingerprint density at radius 3 is 2.67 bits per heavy atom. The maximum atomic E-state index is 12.1. The van der Waals surface area contributed by atoms with E-state index in [0.717, 1.165) is 12.8 Å². The molecule has 5 nitrogen and oxygen atoms in total. The van der Waals surface area contributed by atoms with Crippen molar-refractivity contribution in [2.24, 2.45) is 0 Å². The number of carbonyl (C=O) groups is 2. The summed E-state index contributed by atoms with van der Waals surface area (Å²) >= 11 is 0. The molecule has 1 aliphatic heterocycles. The highest BCUT2D eigenvalue weighted by Gasteiger charge is 2.40. The quantitative estimate of drug-likeness (QED) is 0.688. The maximum absolute atomic E-state index is 12.1. The van der Waals surface area contributed by atoms with Gasteiger partial charge in [0.05, 0.1) is 12.5 Å². The topological polar surface area (TPSA) is 58.6 Å². The van der Waals surface area contributed by atoms with Gasteiger partial charge in [0.2, 0.25) is 11.8 Å². The van der Waals surface area contributed by atoms with Crippen molar-refractivity contribution in [3.63, 3.8) is 0 Å². The summed E-state index contributed by atoms with van der Waals surface area (Å²) in [6.45, 7) is 6.54. The Kier molecular flexibility index (Phi) is 5.75. The maximum Gasteiger partial charge on any atom is 0.247 e. The van der Waals surface area contributed by atoms with Gasteiger partial charge in [-0.1, -0.05) is 6.92 Å². The summed E-state index contributed by atoms with van der Waals surface area (Å²) < 4.78 is 5.00. The number of ether oxygens (including phenoxy) is 1. The van der Waals surface area contributed by atoms with E-state index in [1.165, 1.54) is 4.90 Å². The van der Waals surface area contributed by atoms with E-state index in [9.17, 15) is 9.59 Å². The Hall–Kier alpha value is -0.940. The molecule has 0 aromatic rings. The normalized spacial score (nSPS) is 23.6. The van der Waals surface area contributed by atoms with Gasteiger partial charge in [0.25, 0.3) is 0 Å². The highest BCUT2D eigenvalue weighted by atomic mass is 16.5. The number of nitrogens with one attached hydrogen (secondary N) is 1. The Balaban J connectivity index is 2.55. The Labute approximate surface area is 109 Å². The summed E-state index contributed by atoms with van der Waals surface area (Å²) in [5, 5.41) is 3.21. The first-order chi connectivity index (χ1) is 8.51. The fraction of sp³-hybridized carbons (Fsp3) is 0.846. The van der Waals surface area contributed by atoms with Crippen LogP contribution in [0, 0.1) is 0 Å². The van der Waals surface area contributed by atoms with E-state index in [4.69, 9.17) is 4.74 Å². The van der Waals surface area contributed by atoms with Crippen LogP contribution < -0.4 is 5.32 Å². The molecule has 1 heterocycles. The molecule has 3 unspecified atom stereocenters. The lowest BCUT2D eigenvalue weighted by Crippen LogP contribution is -2.45. The minimum Gasteiger partial charge on any atom is -0.385 e. The van der Waals surface area contributed by atoms with Crippen molar-refractivity contribution >= 4 is 11.8 Å². The second kappa shape index (κ2) is 6.85. The van der Waals surface area contributed by atoms with Crippen LogP contribution >= 0.6 is 0 Å². The molecular formula is C13H24N2O3. The van der Waals surface area contributed by atoms with Crippen molar-refractivity contribution in [2.75, 3.05) is 13.7 Å². The molecule has 0 bridgehead atoms. The second-order valence-corrected chi connectivity index (χ2v) is 4.97. The molecule has 1 N–H and O–H groups in total. The molecule has 5 heteroatoms. The average Bonchev–Trinajstić information content (AvgIpc) is 2.61. The number of likely N-dealkylation sites (tertiary alicyclic amines) is 1. The van der Waals surface area contributed by atoms with Crippen LogP contribution in [-0.2, 0) is 14.3 Å². The lowest BCUT2D eigenvalue weighted by molar-refractivity contribution is -0.141. The van der Waals surface area contributed by atoms with Gasteiger partial charge in [0.15, 0.2) is 0 Å². The lowest BCUT2D eigenvalue weighted by atomic mass is 10.2. The zero-order valence-electron chi connectivity index (χ0n) is 11.7. The van der Waals surface area contributed by atoms with E-state index in [0.29, 0.717) is 6.61 Å². The molecule has 0 saturated carbocycles. The predicted molar refractivity (Wildman–Crippen MR) is 69.1 cm³/mol. The van der Waals surface area contributed by atoms with Gasteiger partial charge in [-0.15, -0.1) is 0 Å². The summed E-state index contributed by atoms with van der Waals surface area (Å²) in [6.07, 6.45) is 1.90. The molecule has 0 aromatic heterocycles. The molecule has 0 spiro atoms. The third kappa shape index (κ3) is 3.53. The minimum atomic E-state index is -0.363. The summed E-state index contributed by atoms with van der Waals surface area (Å²) in [4.78, 5) is 25.4. The molecule has 3 atom stereocenters. The zero-order valence-corrected chi connectivity index (χ0v) is 11.7. The Morgan fingerprint density at radius 1 is 1.44 bits per heavy atom. The van der Waals surface area contributed by atoms with Crippen molar-refractivity contribution in [3.8, 4) is 0 Å². The van der Waals surface area contributed by atoms with Gasteiger partial charge >= 0.3 is 0 Å². The number of nitrogens with zero attached hydrogens (tertiary/aromatic N) is 1. The first-order valence-corrected chi connectivity index (χ1v) is 6.62. The largest absolute Gasteiger partial charge is 0.385 e. The molecule has 104 valence electrons.